The first kappa shape index (κ1) is 14.1. The van der Waals surface area contributed by atoms with Crippen molar-refractivity contribution in [2.24, 2.45) is 0 Å². The van der Waals surface area contributed by atoms with Crippen molar-refractivity contribution in [3.8, 4) is 17.4 Å². The molecule has 0 spiro atoms. The van der Waals surface area contributed by atoms with Crippen molar-refractivity contribution in [1.82, 2.24) is 9.97 Å². The van der Waals surface area contributed by atoms with Crippen molar-refractivity contribution in [2.75, 3.05) is 18.5 Å². The number of aromatic nitrogens is 2. The molecule has 0 unspecified atom stereocenters. The Labute approximate surface area is 119 Å². The van der Waals surface area contributed by atoms with Crippen molar-refractivity contribution < 1.29 is 9.47 Å². The Morgan fingerprint density at radius 3 is 2.55 bits per heavy atom. The summed E-state index contributed by atoms with van der Waals surface area (Å²) in [4.78, 5) is 8.61. The molecule has 1 N–H and O–H groups in total. The molecule has 1 aromatic carbocycles. The summed E-state index contributed by atoms with van der Waals surface area (Å²) in [5.74, 6) is 2.42. The Bertz CT molecular complexity index is 573. The fraction of sp³-hybridized carbons (Fsp3) is 0.333. The van der Waals surface area contributed by atoms with Crippen molar-refractivity contribution in [3.05, 3.63) is 36.0 Å². The lowest BCUT2D eigenvalue weighted by molar-refractivity contribution is 0.319. The smallest absolute Gasteiger partial charge is 0.226 e. The van der Waals surface area contributed by atoms with Gasteiger partial charge in [-0.1, -0.05) is 12.1 Å². The van der Waals surface area contributed by atoms with Crippen LogP contribution < -0.4 is 14.8 Å². The van der Waals surface area contributed by atoms with Crippen molar-refractivity contribution >= 4 is 5.95 Å². The van der Waals surface area contributed by atoms with Gasteiger partial charge >= 0.3 is 0 Å². The van der Waals surface area contributed by atoms with Crippen LogP contribution in [-0.2, 0) is 0 Å². The molecule has 0 aliphatic rings. The average Bonchev–Trinajstić information content (AvgIpc) is 2.41. The second-order valence-electron chi connectivity index (χ2n) is 4.18. The van der Waals surface area contributed by atoms with Crippen molar-refractivity contribution in [2.45, 2.75) is 20.8 Å². The number of rotatable bonds is 6. The van der Waals surface area contributed by atoms with Crippen LogP contribution in [0.2, 0.25) is 0 Å². The fourth-order valence-corrected chi connectivity index (χ4v) is 1.75. The number of para-hydroxylation sites is 2. The van der Waals surface area contributed by atoms with Crippen LogP contribution in [0.3, 0.4) is 0 Å². The zero-order valence-electron chi connectivity index (χ0n) is 12.0. The van der Waals surface area contributed by atoms with E-state index in [1.54, 1.807) is 6.07 Å². The van der Waals surface area contributed by atoms with Gasteiger partial charge in [0, 0.05) is 18.3 Å². The highest BCUT2D eigenvalue weighted by molar-refractivity contribution is 5.42. The standard InChI is InChI=1S/C15H19N3O2/c1-4-16-15-17-11(3)10-14(18-15)20-13-9-7-6-8-12(13)19-5-2/h6-10H,4-5H2,1-3H3,(H,16,17,18). The van der Waals surface area contributed by atoms with Crippen molar-refractivity contribution in [1.29, 1.82) is 0 Å². The number of nitrogens with zero attached hydrogens (tertiary/aromatic N) is 2. The number of aryl methyl sites for hydroxylation is 1. The molecule has 0 amide bonds. The normalized spacial score (nSPS) is 10.2. The molecule has 106 valence electrons. The lowest BCUT2D eigenvalue weighted by Gasteiger charge is -2.11. The average molecular weight is 273 g/mol. The van der Waals surface area contributed by atoms with Gasteiger partial charge in [-0.25, -0.2) is 4.98 Å². The minimum atomic E-state index is 0.501. The SMILES string of the molecule is CCNc1nc(C)cc(Oc2ccccc2OCC)n1. The summed E-state index contributed by atoms with van der Waals surface area (Å²) in [6, 6.07) is 9.33. The minimum absolute atomic E-state index is 0.501. The van der Waals surface area contributed by atoms with E-state index in [9.17, 15) is 0 Å². The Morgan fingerprint density at radius 2 is 1.85 bits per heavy atom. The second kappa shape index (κ2) is 6.75. The van der Waals surface area contributed by atoms with E-state index < -0.39 is 0 Å². The molecule has 5 nitrogen and oxygen atoms in total. The summed E-state index contributed by atoms with van der Waals surface area (Å²) < 4.78 is 11.3. The molecule has 0 radical (unpaired) electrons. The molecule has 0 bridgehead atoms. The summed E-state index contributed by atoms with van der Waals surface area (Å²) in [5.41, 5.74) is 0.847. The van der Waals surface area contributed by atoms with Crippen LogP contribution in [-0.4, -0.2) is 23.1 Å². The van der Waals surface area contributed by atoms with E-state index in [2.05, 4.69) is 15.3 Å². The lowest BCUT2D eigenvalue weighted by Crippen LogP contribution is -2.04. The van der Waals surface area contributed by atoms with E-state index in [0.717, 1.165) is 12.2 Å². The monoisotopic (exact) mass is 273 g/mol. The van der Waals surface area contributed by atoms with Crippen LogP contribution in [0.15, 0.2) is 30.3 Å². The number of ether oxygens (including phenoxy) is 2. The van der Waals surface area contributed by atoms with E-state index in [0.29, 0.717) is 29.9 Å². The molecule has 0 atom stereocenters. The van der Waals surface area contributed by atoms with Crippen LogP contribution in [0.1, 0.15) is 19.5 Å². The first-order valence-corrected chi connectivity index (χ1v) is 6.72. The highest BCUT2D eigenvalue weighted by atomic mass is 16.5. The van der Waals surface area contributed by atoms with Gasteiger partial charge in [0.2, 0.25) is 11.8 Å². The number of hydrogen-bond donors (Lipinski definition) is 1. The van der Waals surface area contributed by atoms with Crippen molar-refractivity contribution in [3.63, 3.8) is 0 Å². The molecule has 1 aromatic heterocycles. The first-order valence-electron chi connectivity index (χ1n) is 6.72. The quantitative estimate of drug-likeness (QED) is 0.874. The molecule has 1 heterocycles. The number of nitrogens with one attached hydrogen (secondary N) is 1. The summed E-state index contributed by atoms with van der Waals surface area (Å²) in [6.07, 6.45) is 0. The van der Waals surface area contributed by atoms with E-state index in [4.69, 9.17) is 9.47 Å². The molecule has 0 aliphatic heterocycles. The first-order chi connectivity index (χ1) is 9.72. The zero-order valence-corrected chi connectivity index (χ0v) is 12.0. The Hall–Kier alpha value is -2.30. The van der Waals surface area contributed by atoms with E-state index in [-0.39, 0.29) is 0 Å². The Kier molecular flexibility index (Phi) is 4.76. The molecule has 0 fully saturated rings. The van der Waals surface area contributed by atoms with Gasteiger partial charge in [-0.15, -0.1) is 0 Å². The molecular weight excluding hydrogens is 254 g/mol. The van der Waals surface area contributed by atoms with Gasteiger partial charge in [-0.2, -0.15) is 4.98 Å². The molecule has 2 rings (SSSR count). The van der Waals surface area contributed by atoms with Crippen LogP contribution in [0.25, 0.3) is 0 Å². The number of anilines is 1. The third kappa shape index (κ3) is 3.60. The van der Waals surface area contributed by atoms with E-state index in [1.807, 2.05) is 45.0 Å². The van der Waals surface area contributed by atoms with Gasteiger partial charge in [0.25, 0.3) is 0 Å². The highest BCUT2D eigenvalue weighted by Gasteiger charge is 2.08. The lowest BCUT2D eigenvalue weighted by atomic mass is 10.3. The van der Waals surface area contributed by atoms with Gasteiger partial charge in [0.05, 0.1) is 6.61 Å². The number of benzene rings is 1. The summed E-state index contributed by atoms with van der Waals surface area (Å²) >= 11 is 0. The van der Waals surface area contributed by atoms with E-state index in [1.165, 1.54) is 0 Å². The van der Waals surface area contributed by atoms with Gasteiger partial charge in [0.15, 0.2) is 11.5 Å². The Morgan fingerprint density at radius 1 is 1.10 bits per heavy atom. The third-order valence-electron chi connectivity index (χ3n) is 2.53. The minimum Gasteiger partial charge on any atom is -0.490 e. The molecule has 20 heavy (non-hydrogen) atoms. The van der Waals surface area contributed by atoms with Crippen LogP contribution in [0.4, 0.5) is 5.95 Å². The maximum Gasteiger partial charge on any atom is 0.226 e. The molecule has 0 saturated heterocycles. The molecule has 0 saturated carbocycles. The maximum atomic E-state index is 5.81. The van der Waals surface area contributed by atoms with Crippen LogP contribution in [0, 0.1) is 6.92 Å². The molecule has 0 aliphatic carbocycles. The summed E-state index contributed by atoms with van der Waals surface area (Å²) in [5, 5.41) is 3.08. The van der Waals surface area contributed by atoms with E-state index >= 15 is 0 Å². The zero-order chi connectivity index (χ0) is 14.4. The molecule has 5 heteroatoms. The largest absolute Gasteiger partial charge is 0.490 e. The van der Waals surface area contributed by atoms with Crippen LogP contribution in [0.5, 0.6) is 17.4 Å². The highest BCUT2D eigenvalue weighted by Crippen LogP contribution is 2.30. The molecular formula is C15H19N3O2. The second-order valence-corrected chi connectivity index (χ2v) is 4.18. The topological polar surface area (TPSA) is 56.3 Å². The van der Waals surface area contributed by atoms with Gasteiger partial charge in [-0.3, -0.25) is 0 Å². The molecule has 2 aromatic rings. The summed E-state index contributed by atoms with van der Waals surface area (Å²) in [6.45, 7) is 7.19. The maximum absolute atomic E-state index is 5.81. The number of hydrogen-bond acceptors (Lipinski definition) is 5. The predicted octanol–water partition coefficient (Wildman–Crippen LogP) is 3.41. The third-order valence-corrected chi connectivity index (χ3v) is 2.53. The van der Waals surface area contributed by atoms with Gasteiger partial charge in [0.1, 0.15) is 0 Å². The predicted molar refractivity (Wildman–Crippen MR) is 78.6 cm³/mol. The Balaban J connectivity index is 2.25. The van der Waals surface area contributed by atoms with Gasteiger partial charge in [-0.05, 0) is 32.9 Å². The fourth-order valence-electron chi connectivity index (χ4n) is 1.75. The van der Waals surface area contributed by atoms with Gasteiger partial charge < -0.3 is 14.8 Å². The van der Waals surface area contributed by atoms with Crippen LogP contribution >= 0.6 is 0 Å². The summed E-state index contributed by atoms with van der Waals surface area (Å²) in [7, 11) is 0.